The van der Waals surface area contributed by atoms with E-state index in [9.17, 15) is 4.39 Å². The molecule has 0 unspecified atom stereocenters. The van der Waals surface area contributed by atoms with Gasteiger partial charge in [0.15, 0.2) is 5.76 Å². The number of rotatable bonds is 5. The first-order valence-electron chi connectivity index (χ1n) is 10.3. The normalized spacial score (nSPS) is 14.8. The summed E-state index contributed by atoms with van der Waals surface area (Å²) in [5.41, 5.74) is 3.49. The molecule has 0 saturated carbocycles. The average Bonchev–Trinajstić information content (AvgIpc) is 3.45. The predicted octanol–water partition coefficient (Wildman–Crippen LogP) is 4.48. The lowest BCUT2D eigenvalue weighted by Gasteiger charge is -2.27. The van der Waals surface area contributed by atoms with Gasteiger partial charge in [-0.05, 0) is 47.5 Å². The summed E-state index contributed by atoms with van der Waals surface area (Å²) in [5, 5.41) is 7.86. The van der Waals surface area contributed by atoms with Crippen molar-refractivity contribution >= 4 is 0 Å². The van der Waals surface area contributed by atoms with Crippen LogP contribution in [-0.4, -0.2) is 40.9 Å². The molecule has 1 aliphatic heterocycles. The van der Waals surface area contributed by atoms with Crippen molar-refractivity contribution in [2.45, 2.75) is 6.54 Å². The molecule has 0 atom stereocenters. The Hall–Kier alpha value is -3.29. The highest BCUT2D eigenvalue weighted by Gasteiger charge is 2.21. The van der Waals surface area contributed by atoms with Crippen LogP contribution in [-0.2, 0) is 6.54 Å². The Morgan fingerprint density at radius 3 is 2.45 bits per heavy atom. The van der Waals surface area contributed by atoms with Crippen molar-refractivity contribution in [2.75, 3.05) is 26.2 Å². The summed E-state index contributed by atoms with van der Waals surface area (Å²) in [6, 6.07) is 14.6. The van der Waals surface area contributed by atoms with Crippen LogP contribution in [0.15, 0.2) is 71.5 Å². The first-order valence-corrected chi connectivity index (χ1v) is 10.3. The minimum absolute atomic E-state index is 0.322. The quantitative estimate of drug-likeness (QED) is 0.517. The molecule has 3 heterocycles. The van der Waals surface area contributed by atoms with Crippen LogP contribution >= 0.6 is 0 Å². The van der Waals surface area contributed by atoms with Crippen LogP contribution in [0.2, 0.25) is 0 Å². The lowest BCUT2D eigenvalue weighted by Crippen LogP contribution is -2.42. The van der Waals surface area contributed by atoms with Crippen molar-refractivity contribution in [3.05, 3.63) is 84.3 Å². The van der Waals surface area contributed by atoms with Crippen molar-refractivity contribution in [1.82, 2.24) is 20.0 Å². The molecule has 158 valence electrons. The molecule has 1 saturated heterocycles. The Bertz CT molecular complexity index is 1160. The van der Waals surface area contributed by atoms with Gasteiger partial charge in [-0.2, -0.15) is 5.10 Å². The zero-order valence-corrected chi connectivity index (χ0v) is 16.9. The second kappa shape index (κ2) is 8.45. The number of benzene rings is 2. The maximum atomic E-state index is 15.2. The highest BCUT2D eigenvalue weighted by Crippen LogP contribution is 2.31. The molecule has 0 spiro atoms. The Balaban J connectivity index is 1.53. The van der Waals surface area contributed by atoms with Gasteiger partial charge >= 0.3 is 0 Å². The lowest BCUT2D eigenvalue weighted by atomic mass is 10.0. The van der Waals surface area contributed by atoms with Crippen LogP contribution in [0, 0.1) is 11.6 Å². The smallest absolute Gasteiger partial charge is 0.152 e. The van der Waals surface area contributed by atoms with E-state index in [2.05, 4.69) is 15.3 Å². The van der Waals surface area contributed by atoms with E-state index >= 15 is 4.39 Å². The van der Waals surface area contributed by atoms with Gasteiger partial charge in [-0.25, -0.2) is 13.5 Å². The van der Waals surface area contributed by atoms with Gasteiger partial charge in [-0.1, -0.05) is 18.2 Å². The van der Waals surface area contributed by atoms with Crippen LogP contribution in [0.5, 0.6) is 0 Å². The Morgan fingerprint density at radius 1 is 0.968 bits per heavy atom. The molecule has 2 aromatic heterocycles. The summed E-state index contributed by atoms with van der Waals surface area (Å²) >= 11 is 0. The third-order valence-electron chi connectivity index (χ3n) is 5.56. The Kier molecular flexibility index (Phi) is 5.36. The van der Waals surface area contributed by atoms with Gasteiger partial charge in [-0.15, -0.1) is 0 Å². The first kappa shape index (κ1) is 19.7. The fourth-order valence-corrected chi connectivity index (χ4v) is 3.97. The van der Waals surface area contributed by atoms with E-state index in [1.165, 1.54) is 18.2 Å². The summed E-state index contributed by atoms with van der Waals surface area (Å²) in [5.74, 6) is -0.0893. The number of hydrogen-bond donors (Lipinski definition) is 1. The van der Waals surface area contributed by atoms with E-state index in [1.807, 2.05) is 18.2 Å². The van der Waals surface area contributed by atoms with Crippen LogP contribution in [0.3, 0.4) is 0 Å². The highest BCUT2D eigenvalue weighted by atomic mass is 19.1. The molecular formula is C24H22F2N4O. The van der Waals surface area contributed by atoms with Gasteiger partial charge in [0.25, 0.3) is 0 Å². The third-order valence-corrected chi connectivity index (χ3v) is 5.56. The number of hydrogen-bond acceptors (Lipinski definition) is 4. The summed E-state index contributed by atoms with van der Waals surface area (Å²) in [6.07, 6.45) is 3.39. The third kappa shape index (κ3) is 4.02. The molecule has 0 amide bonds. The fraction of sp³-hybridized carbons (Fsp3) is 0.208. The van der Waals surface area contributed by atoms with E-state index in [1.54, 1.807) is 35.3 Å². The van der Waals surface area contributed by atoms with E-state index in [0.29, 0.717) is 23.6 Å². The standard InChI is InChI=1S/C24H22F2N4O/c25-20-6-3-17(4-7-20)18-5-8-22(21(26)14-18)30-24(23-2-1-13-31-23)19(15-28-30)16-29-11-9-27-10-12-29/h1-8,13-15,27H,9-12,16H2. The van der Waals surface area contributed by atoms with Crippen LogP contribution in [0.25, 0.3) is 28.3 Å². The lowest BCUT2D eigenvalue weighted by molar-refractivity contribution is 0.233. The fourth-order valence-electron chi connectivity index (χ4n) is 3.97. The van der Waals surface area contributed by atoms with E-state index in [4.69, 9.17) is 4.42 Å². The van der Waals surface area contributed by atoms with Crippen LogP contribution < -0.4 is 5.32 Å². The molecule has 0 aliphatic carbocycles. The Morgan fingerprint density at radius 2 is 1.74 bits per heavy atom. The van der Waals surface area contributed by atoms with Gasteiger partial charge in [-0.3, -0.25) is 4.90 Å². The van der Waals surface area contributed by atoms with E-state index < -0.39 is 5.82 Å². The highest BCUT2D eigenvalue weighted by molar-refractivity contribution is 5.66. The van der Waals surface area contributed by atoms with Gasteiger partial charge < -0.3 is 9.73 Å². The molecule has 0 radical (unpaired) electrons. The molecule has 1 N–H and O–H groups in total. The molecule has 1 fully saturated rings. The van der Waals surface area contributed by atoms with E-state index in [-0.39, 0.29) is 5.82 Å². The summed E-state index contributed by atoms with van der Waals surface area (Å²) in [6.45, 7) is 4.51. The molecule has 2 aromatic carbocycles. The van der Waals surface area contributed by atoms with Crippen molar-refractivity contribution < 1.29 is 13.2 Å². The number of nitrogens with one attached hydrogen (secondary N) is 1. The largest absolute Gasteiger partial charge is 0.463 e. The zero-order valence-electron chi connectivity index (χ0n) is 16.9. The maximum Gasteiger partial charge on any atom is 0.152 e. The SMILES string of the molecule is Fc1ccc(-c2ccc(-n3ncc(CN4CCNCC4)c3-c3ccco3)c(F)c2)cc1. The molecule has 7 heteroatoms. The average molecular weight is 420 g/mol. The maximum absolute atomic E-state index is 15.2. The molecule has 5 rings (SSSR count). The van der Waals surface area contributed by atoms with Gasteiger partial charge in [0.05, 0.1) is 12.5 Å². The van der Waals surface area contributed by atoms with Gasteiger partial charge in [0.2, 0.25) is 0 Å². The molecule has 0 bridgehead atoms. The van der Waals surface area contributed by atoms with Crippen molar-refractivity contribution in [1.29, 1.82) is 0 Å². The number of furan rings is 1. The van der Waals surface area contributed by atoms with Crippen molar-refractivity contribution in [2.24, 2.45) is 0 Å². The molecule has 1 aliphatic rings. The van der Waals surface area contributed by atoms with Crippen molar-refractivity contribution in [3.8, 4) is 28.3 Å². The second-order valence-corrected chi connectivity index (χ2v) is 7.61. The Labute approximate surface area is 178 Å². The number of piperazine rings is 1. The number of halogens is 2. The van der Waals surface area contributed by atoms with Crippen molar-refractivity contribution in [3.63, 3.8) is 0 Å². The number of nitrogens with zero attached hydrogens (tertiary/aromatic N) is 3. The molecule has 4 aromatic rings. The van der Waals surface area contributed by atoms with E-state index in [0.717, 1.165) is 43.0 Å². The number of aromatic nitrogens is 2. The summed E-state index contributed by atoms with van der Waals surface area (Å²) < 4.78 is 35.7. The monoisotopic (exact) mass is 420 g/mol. The first-order chi connectivity index (χ1) is 15.2. The van der Waals surface area contributed by atoms with Crippen LogP contribution in [0.4, 0.5) is 8.78 Å². The molecular weight excluding hydrogens is 398 g/mol. The predicted molar refractivity (Wildman–Crippen MR) is 115 cm³/mol. The minimum atomic E-state index is -0.411. The molecule has 5 nitrogen and oxygen atoms in total. The molecule has 31 heavy (non-hydrogen) atoms. The summed E-state index contributed by atoms with van der Waals surface area (Å²) in [7, 11) is 0. The van der Waals surface area contributed by atoms with Gasteiger partial charge in [0, 0.05) is 38.3 Å². The minimum Gasteiger partial charge on any atom is -0.463 e. The second-order valence-electron chi connectivity index (χ2n) is 7.61. The summed E-state index contributed by atoms with van der Waals surface area (Å²) in [4.78, 5) is 2.35. The topological polar surface area (TPSA) is 46.2 Å². The zero-order chi connectivity index (χ0) is 21.2. The van der Waals surface area contributed by atoms with Crippen LogP contribution in [0.1, 0.15) is 5.56 Å². The van der Waals surface area contributed by atoms with Gasteiger partial charge in [0.1, 0.15) is 23.0 Å².